The standard InChI is InChI=1S/C52H49N/c1-2-38-33-35-15-12-18-39(34-35)52(38)44-22-9-7-20-42(44)50-46(52)24-14-26-48(50)53(40-29-27-37(28-30-40)36-16-4-3-5-17-36)47-25-13-23-45-49(47)41-19-6-8-21-43(41)51(45)31-10-11-32-51/h3-9,13-14,16-17,19-30,35,38-39H,2,10-12,15,18,31-34H2,1H3. The first-order valence-corrected chi connectivity index (χ1v) is 20.6. The maximum atomic E-state index is 2.67. The van der Waals surface area contributed by atoms with Crippen molar-refractivity contribution in [3.8, 4) is 33.4 Å². The van der Waals surface area contributed by atoms with Crippen LogP contribution in [0.4, 0.5) is 17.1 Å². The van der Waals surface area contributed by atoms with Gasteiger partial charge in [0.2, 0.25) is 0 Å². The Morgan fingerprint density at radius 3 is 1.87 bits per heavy atom. The molecule has 1 nitrogen and oxygen atoms in total. The molecule has 0 saturated heterocycles. The molecule has 3 fully saturated rings. The highest BCUT2D eigenvalue weighted by Gasteiger charge is 2.57. The van der Waals surface area contributed by atoms with Gasteiger partial charge in [-0.3, -0.25) is 0 Å². The summed E-state index contributed by atoms with van der Waals surface area (Å²) in [6.45, 7) is 2.47. The lowest BCUT2D eigenvalue weighted by molar-refractivity contribution is 0.0557. The first-order valence-electron chi connectivity index (χ1n) is 20.6. The molecule has 53 heavy (non-hydrogen) atoms. The largest absolute Gasteiger partial charge is 0.309 e. The quantitative estimate of drug-likeness (QED) is 0.174. The van der Waals surface area contributed by atoms with Crippen molar-refractivity contribution in [1.82, 2.24) is 0 Å². The normalized spacial score (nSPS) is 24.1. The van der Waals surface area contributed by atoms with Crippen LogP contribution in [0, 0.1) is 17.8 Å². The Labute approximate surface area is 315 Å². The van der Waals surface area contributed by atoms with Crippen molar-refractivity contribution in [3.05, 3.63) is 162 Å². The summed E-state index contributed by atoms with van der Waals surface area (Å²) in [5, 5.41) is 0. The molecule has 4 atom stereocenters. The van der Waals surface area contributed by atoms with Crippen LogP contribution in [0.3, 0.4) is 0 Å². The number of anilines is 3. The van der Waals surface area contributed by atoms with Crippen LogP contribution in [0.5, 0.6) is 0 Å². The molecule has 262 valence electrons. The van der Waals surface area contributed by atoms with Crippen LogP contribution in [-0.2, 0) is 10.8 Å². The van der Waals surface area contributed by atoms with Crippen LogP contribution in [-0.4, -0.2) is 0 Å². The molecule has 0 heterocycles. The Kier molecular flexibility index (Phi) is 7.20. The highest BCUT2D eigenvalue weighted by atomic mass is 15.1. The molecule has 4 unspecified atom stereocenters. The predicted molar refractivity (Wildman–Crippen MR) is 221 cm³/mol. The molecular weight excluding hydrogens is 639 g/mol. The predicted octanol–water partition coefficient (Wildman–Crippen LogP) is 14.2. The maximum absolute atomic E-state index is 2.67. The Morgan fingerprint density at radius 1 is 0.528 bits per heavy atom. The van der Waals surface area contributed by atoms with E-state index >= 15 is 0 Å². The van der Waals surface area contributed by atoms with Crippen molar-refractivity contribution in [1.29, 1.82) is 0 Å². The van der Waals surface area contributed by atoms with E-state index in [-0.39, 0.29) is 10.8 Å². The molecular formula is C52H49N. The zero-order valence-electron chi connectivity index (χ0n) is 31.0. The van der Waals surface area contributed by atoms with Gasteiger partial charge in [0.15, 0.2) is 0 Å². The summed E-state index contributed by atoms with van der Waals surface area (Å²) in [6.07, 6.45) is 13.2. The zero-order chi connectivity index (χ0) is 35.1. The molecule has 0 aliphatic heterocycles. The first-order chi connectivity index (χ1) is 26.2. The third-order valence-electron chi connectivity index (χ3n) is 14.8. The Balaban J connectivity index is 1.19. The Bertz CT molecular complexity index is 2340. The van der Waals surface area contributed by atoms with Crippen LogP contribution in [0.15, 0.2) is 140 Å². The molecule has 2 spiro atoms. The average molecular weight is 688 g/mol. The summed E-state index contributed by atoms with van der Waals surface area (Å²) in [4.78, 5) is 2.67. The molecule has 2 bridgehead atoms. The summed E-state index contributed by atoms with van der Waals surface area (Å²) in [5.74, 6) is 2.25. The topological polar surface area (TPSA) is 3.24 Å². The van der Waals surface area contributed by atoms with Gasteiger partial charge >= 0.3 is 0 Å². The minimum Gasteiger partial charge on any atom is -0.309 e. The monoisotopic (exact) mass is 687 g/mol. The highest BCUT2D eigenvalue weighted by Crippen LogP contribution is 2.67. The lowest BCUT2D eigenvalue weighted by Gasteiger charge is -2.54. The fraction of sp³-hybridized carbons (Fsp3) is 0.308. The second kappa shape index (κ2) is 12.1. The molecule has 11 rings (SSSR count). The maximum Gasteiger partial charge on any atom is 0.0543 e. The number of nitrogens with zero attached hydrogens (tertiary/aromatic N) is 1. The molecule has 5 aliphatic rings. The van der Waals surface area contributed by atoms with Crippen molar-refractivity contribution in [3.63, 3.8) is 0 Å². The first kappa shape index (κ1) is 31.6. The third kappa shape index (κ3) is 4.37. The molecule has 6 aromatic carbocycles. The van der Waals surface area contributed by atoms with E-state index < -0.39 is 0 Å². The van der Waals surface area contributed by atoms with E-state index in [0.29, 0.717) is 11.8 Å². The summed E-state index contributed by atoms with van der Waals surface area (Å²) in [6, 6.07) is 53.9. The van der Waals surface area contributed by atoms with E-state index in [1.165, 1.54) is 120 Å². The van der Waals surface area contributed by atoms with E-state index in [1.54, 1.807) is 16.7 Å². The minimum atomic E-state index is 0.0790. The molecule has 0 radical (unpaired) electrons. The molecule has 0 amide bonds. The molecule has 0 N–H and O–H groups in total. The van der Waals surface area contributed by atoms with Crippen LogP contribution in [0.1, 0.15) is 93.4 Å². The number of benzene rings is 6. The number of rotatable bonds is 5. The van der Waals surface area contributed by atoms with Crippen molar-refractivity contribution in [2.75, 3.05) is 4.90 Å². The van der Waals surface area contributed by atoms with Gasteiger partial charge in [-0.1, -0.05) is 154 Å². The Hall–Kier alpha value is -4.88. The van der Waals surface area contributed by atoms with Crippen LogP contribution in [0.2, 0.25) is 0 Å². The molecule has 3 saturated carbocycles. The lowest BCUT2D eigenvalue weighted by atomic mass is 9.50. The zero-order valence-corrected chi connectivity index (χ0v) is 31.0. The minimum absolute atomic E-state index is 0.0790. The van der Waals surface area contributed by atoms with E-state index in [0.717, 1.165) is 5.92 Å². The van der Waals surface area contributed by atoms with Gasteiger partial charge in [-0.05, 0) is 119 Å². The second-order valence-electron chi connectivity index (χ2n) is 17.0. The second-order valence-corrected chi connectivity index (χ2v) is 17.0. The Morgan fingerprint density at radius 2 is 1.13 bits per heavy atom. The summed E-state index contributed by atoms with van der Waals surface area (Å²) in [5.41, 5.74) is 18.7. The van der Waals surface area contributed by atoms with Crippen LogP contribution >= 0.6 is 0 Å². The lowest BCUT2D eigenvalue weighted by Crippen LogP contribution is -2.48. The van der Waals surface area contributed by atoms with Gasteiger partial charge in [-0.15, -0.1) is 0 Å². The van der Waals surface area contributed by atoms with E-state index in [2.05, 4.69) is 151 Å². The molecule has 5 aliphatic carbocycles. The van der Waals surface area contributed by atoms with E-state index in [4.69, 9.17) is 0 Å². The fourth-order valence-electron chi connectivity index (χ4n) is 12.8. The number of hydrogen-bond acceptors (Lipinski definition) is 1. The van der Waals surface area contributed by atoms with Crippen molar-refractivity contribution >= 4 is 17.1 Å². The van der Waals surface area contributed by atoms with Gasteiger partial charge in [0, 0.05) is 27.6 Å². The van der Waals surface area contributed by atoms with Gasteiger partial charge in [-0.2, -0.15) is 0 Å². The van der Waals surface area contributed by atoms with Crippen molar-refractivity contribution in [2.45, 2.75) is 82.0 Å². The molecule has 0 aromatic heterocycles. The van der Waals surface area contributed by atoms with Crippen LogP contribution < -0.4 is 4.90 Å². The van der Waals surface area contributed by atoms with E-state index in [9.17, 15) is 0 Å². The molecule has 6 aromatic rings. The van der Waals surface area contributed by atoms with Crippen molar-refractivity contribution < 1.29 is 0 Å². The van der Waals surface area contributed by atoms with Crippen LogP contribution in [0.25, 0.3) is 33.4 Å². The average Bonchev–Trinajstić information content (AvgIpc) is 3.91. The van der Waals surface area contributed by atoms with Gasteiger partial charge < -0.3 is 4.90 Å². The third-order valence-corrected chi connectivity index (χ3v) is 14.8. The fourth-order valence-corrected chi connectivity index (χ4v) is 12.8. The van der Waals surface area contributed by atoms with Gasteiger partial charge in [0.25, 0.3) is 0 Å². The summed E-state index contributed by atoms with van der Waals surface area (Å²) >= 11 is 0. The van der Waals surface area contributed by atoms with Gasteiger partial charge in [0.05, 0.1) is 11.4 Å². The summed E-state index contributed by atoms with van der Waals surface area (Å²) in [7, 11) is 0. The highest BCUT2D eigenvalue weighted by molar-refractivity contribution is 6.00. The summed E-state index contributed by atoms with van der Waals surface area (Å²) < 4.78 is 0. The number of hydrogen-bond donors (Lipinski definition) is 0. The van der Waals surface area contributed by atoms with Gasteiger partial charge in [0.1, 0.15) is 0 Å². The molecule has 1 heteroatoms. The van der Waals surface area contributed by atoms with Crippen molar-refractivity contribution in [2.24, 2.45) is 17.8 Å². The number of fused-ring (bicyclic) bond motifs is 13. The smallest absolute Gasteiger partial charge is 0.0543 e. The van der Waals surface area contributed by atoms with Gasteiger partial charge in [-0.25, -0.2) is 0 Å². The SMILES string of the molecule is CCC1CC2CCCC(C2)C12c1ccccc1-c1c(N(c3ccc(-c4ccccc4)cc3)c3cccc4c3-c3ccccc3C43CCCC3)cccc12. The van der Waals surface area contributed by atoms with E-state index in [1.807, 2.05) is 0 Å².